The second kappa shape index (κ2) is 5.48. The predicted molar refractivity (Wildman–Crippen MR) is 94.6 cm³/mol. The van der Waals surface area contributed by atoms with Crippen molar-refractivity contribution in [2.45, 2.75) is 0 Å². The van der Waals surface area contributed by atoms with Crippen LogP contribution < -0.4 is 0 Å². The van der Waals surface area contributed by atoms with E-state index in [-0.39, 0.29) is 43.8 Å². The zero-order valence-electron chi connectivity index (χ0n) is 13.9. The molecule has 28 heavy (non-hydrogen) atoms. The molecular weight excluding hydrogens is 372 g/mol. The number of rotatable bonds is 0. The van der Waals surface area contributed by atoms with E-state index >= 15 is 0 Å². The first kappa shape index (κ1) is 16.6. The van der Waals surface area contributed by atoms with E-state index in [0.717, 1.165) is 24.3 Å². The summed E-state index contributed by atoms with van der Waals surface area (Å²) >= 11 is 0. The Labute approximate surface area is 155 Å². The van der Waals surface area contributed by atoms with Gasteiger partial charge in [-0.15, -0.1) is 0 Å². The maximum absolute atomic E-state index is 13.5. The summed E-state index contributed by atoms with van der Waals surface area (Å²) in [6, 6.07) is 9.18. The number of benzene rings is 4. The molecule has 1 aliphatic rings. The highest BCUT2D eigenvalue weighted by Gasteiger charge is 2.31. The van der Waals surface area contributed by atoms with Crippen molar-refractivity contribution in [3.63, 3.8) is 0 Å². The first-order chi connectivity index (χ1) is 13.3. The van der Waals surface area contributed by atoms with Crippen molar-refractivity contribution in [1.29, 1.82) is 0 Å². The molecule has 1 aliphatic carbocycles. The third-order valence-electron chi connectivity index (χ3n) is 5.01. The second-order valence-electron chi connectivity index (χ2n) is 6.68. The van der Waals surface area contributed by atoms with Gasteiger partial charge in [-0.3, -0.25) is 9.59 Å². The van der Waals surface area contributed by atoms with Crippen LogP contribution in [0.5, 0.6) is 0 Å². The molecule has 0 amide bonds. The van der Waals surface area contributed by atoms with E-state index in [1.807, 2.05) is 0 Å². The molecule has 2 nitrogen and oxygen atoms in total. The lowest BCUT2D eigenvalue weighted by Gasteiger charge is -2.19. The Morgan fingerprint density at radius 1 is 0.393 bits per heavy atom. The molecule has 6 heteroatoms. The van der Waals surface area contributed by atoms with Crippen molar-refractivity contribution in [2.75, 3.05) is 0 Å². The molecule has 4 aromatic carbocycles. The van der Waals surface area contributed by atoms with Gasteiger partial charge in [-0.25, -0.2) is 17.6 Å². The lowest BCUT2D eigenvalue weighted by atomic mass is 9.81. The van der Waals surface area contributed by atoms with Gasteiger partial charge in [-0.1, -0.05) is 0 Å². The summed E-state index contributed by atoms with van der Waals surface area (Å²) in [6.45, 7) is 0. The number of hydrogen-bond acceptors (Lipinski definition) is 2. The fraction of sp³-hybridized carbons (Fsp3) is 0. The van der Waals surface area contributed by atoms with Crippen molar-refractivity contribution in [1.82, 2.24) is 0 Å². The predicted octanol–water partition coefficient (Wildman–Crippen LogP) is 5.32. The van der Waals surface area contributed by atoms with Gasteiger partial charge in [0.05, 0.1) is 0 Å². The fourth-order valence-electron chi connectivity index (χ4n) is 3.63. The largest absolute Gasteiger partial charge is 0.289 e. The summed E-state index contributed by atoms with van der Waals surface area (Å²) in [7, 11) is 0. The van der Waals surface area contributed by atoms with Crippen molar-refractivity contribution in [2.24, 2.45) is 0 Å². The van der Waals surface area contributed by atoms with E-state index in [9.17, 15) is 27.2 Å². The summed E-state index contributed by atoms with van der Waals surface area (Å²) in [6.07, 6.45) is 0. The molecule has 4 aromatic rings. The highest BCUT2D eigenvalue weighted by atomic mass is 19.2. The number of fused-ring (bicyclic) bond motifs is 4. The topological polar surface area (TPSA) is 34.1 Å². The number of hydrogen-bond donors (Lipinski definition) is 0. The van der Waals surface area contributed by atoms with Gasteiger partial charge in [-0.05, 0) is 70.1 Å². The normalized spacial score (nSPS) is 13.1. The molecule has 0 bridgehead atoms. The molecule has 0 aliphatic heterocycles. The number of carbonyl (C=O) groups excluding carboxylic acids is 2. The third-order valence-corrected chi connectivity index (χ3v) is 5.01. The maximum Gasteiger partial charge on any atom is 0.194 e. The van der Waals surface area contributed by atoms with Crippen LogP contribution in [0.3, 0.4) is 0 Å². The molecule has 0 radical (unpaired) electrons. The highest BCUT2D eigenvalue weighted by molar-refractivity contribution is 6.30. The van der Waals surface area contributed by atoms with Crippen LogP contribution in [0.2, 0.25) is 0 Å². The van der Waals surface area contributed by atoms with Crippen LogP contribution in [0.25, 0.3) is 21.5 Å². The molecule has 0 N–H and O–H groups in total. The monoisotopic (exact) mass is 380 g/mol. The van der Waals surface area contributed by atoms with Gasteiger partial charge in [0.2, 0.25) is 0 Å². The molecule has 0 saturated carbocycles. The van der Waals surface area contributed by atoms with E-state index < -0.39 is 34.8 Å². The quantitative estimate of drug-likeness (QED) is 0.341. The van der Waals surface area contributed by atoms with E-state index in [1.165, 1.54) is 24.3 Å². The van der Waals surface area contributed by atoms with Gasteiger partial charge in [0.25, 0.3) is 0 Å². The first-order valence-electron chi connectivity index (χ1n) is 8.28. The minimum atomic E-state index is -1.06. The third kappa shape index (κ3) is 2.21. The molecular formula is C22H8F4O2. The Hall–Kier alpha value is -3.54. The number of carbonyl (C=O) groups is 2. The molecule has 0 unspecified atom stereocenters. The van der Waals surface area contributed by atoms with Crippen molar-refractivity contribution in [3.05, 3.63) is 94.1 Å². The molecule has 0 spiro atoms. The first-order valence-corrected chi connectivity index (χ1v) is 8.28. The summed E-state index contributed by atoms with van der Waals surface area (Å²) < 4.78 is 54.2. The zero-order valence-corrected chi connectivity index (χ0v) is 13.9. The van der Waals surface area contributed by atoms with E-state index in [4.69, 9.17) is 0 Å². The van der Waals surface area contributed by atoms with E-state index in [2.05, 4.69) is 0 Å². The zero-order chi connectivity index (χ0) is 19.7. The molecule has 0 atom stereocenters. The smallest absolute Gasteiger partial charge is 0.194 e. The van der Waals surface area contributed by atoms with Gasteiger partial charge in [-0.2, -0.15) is 0 Å². The molecule has 136 valence electrons. The summed E-state index contributed by atoms with van der Waals surface area (Å²) in [5.74, 6) is -5.25. The van der Waals surface area contributed by atoms with Gasteiger partial charge in [0.1, 0.15) is 0 Å². The molecule has 0 saturated heterocycles. The minimum Gasteiger partial charge on any atom is -0.289 e. The minimum absolute atomic E-state index is 0.0536. The summed E-state index contributed by atoms with van der Waals surface area (Å²) in [5, 5.41) is 1.10. The molecule has 5 rings (SSSR count). The Morgan fingerprint density at radius 3 is 0.821 bits per heavy atom. The molecule has 0 heterocycles. The number of ketones is 2. The average molecular weight is 380 g/mol. The van der Waals surface area contributed by atoms with Gasteiger partial charge in [0.15, 0.2) is 34.8 Å². The molecule has 0 fully saturated rings. The average Bonchev–Trinajstić information content (AvgIpc) is 2.66. The van der Waals surface area contributed by atoms with Crippen LogP contribution in [0.4, 0.5) is 17.6 Å². The van der Waals surface area contributed by atoms with Crippen LogP contribution in [-0.2, 0) is 0 Å². The van der Waals surface area contributed by atoms with Crippen LogP contribution in [0.15, 0.2) is 48.5 Å². The van der Waals surface area contributed by atoms with Crippen LogP contribution in [-0.4, -0.2) is 11.6 Å². The van der Waals surface area contributed by atoms with Crippen LogP contribution >= 0.6 is 0 Å². The summed E-state index contributed by atoms with van der Waals surface area (Å²) in [5.41, 5.74) is 0.215. The maximum atomic E-state index is 13.5. The lowest BCUT2D eigenvalue weighted by Crippen LogP contribution is -2.21. The van der Waals surface area contributed by atoms with Crippen LogP contribution in [0, 0.1) is 23.3 Å². The number of halogens is 4. The Morgan fingerprint density at radius 2 is 0.607 bits per heavy atom. The highest BCUT2D eigenvalue weighted by Crippen LogP contribution is 2.34. The van der Waals surface area contributed by atoms with Gasteiger partial charge < -0.3 is 0 Å². The van der Waals surface area contributed by atoms with Gasteiger partial charge in [0, 0.05) is 22.3 Å². The fourth-order valence-corrected chi connectivity index (χ4v) is 3.63. The lowest BCUT2D eigenvalue weighted by molar-refractivity contribution is 0.0979. The Kier molecular flexibility index (Phi) is 3.25. The van der Waals surface area contributed by atoms with Crippen molar-refractivity contribution in [3.8, 4) is 0 Å². The standard InChI is InChI=1S/C22H8F4O2/c23-17-5-9-1-13-14(2-10(9)6-18(17)24)22(28)16-4-12-8-20(26)19(25)7-11(12)3-15(16)21(13)27/h1-8H. The Balaban J connectivity index is 1.80. The second-order valence-corrected chi connectivity index (χ2v) is 6.68. The van der Waals surface area contributed by atoms with Crippen molar-refractivity contribution >= 4 is 33.1 Å². The van der Waals surface area contributed by atoms with E-state index in [1.54, 1.807) is 0 Å². The van der Waals surface area contributed by atoms with E-state index in [0.29, 0.717) is 0 Å². The van der Waals surface area contributed by atoms with Gasteiger partial charge >= 0.3 is 0 Å². The SMILES string of the molecule is O=C1c2cc3cc(F)c(F)cc3cc2C(=O)c2cc3cc(F)c(F)cc3cc21. The molecule has 0 aromatic heterocycles. The van der Waals surface area contributed by atoms with Crippen molar-refractivity contribution < 1.29 is 27.2 Å². The van der Waals surface area contributed by atoms with Crippen LogP contribution in [0.1, 0.15) is 31.8 Å². The summed E-state index contributed by atoms with van der Waals surface area (Å²) in [4.78, 5) is 25.9. The Bertz CT molecular complexity index is 1180.